The minimum Gasteiger partial charge on any atom is -0.481 e. The summed E-state index contributed by atoms with van der Waals surface area (Å²) in [6, 6.07) is 5.27. The fourth-order valence-corrected chi connectivity index (χ4v) is 1.98. The molecule has 2 aromatic rings. The van der Waals surface area contributed by atoms with Gasteiger partial charge in [-0.15, -0.1) is 5.10 Å². The molecule has 0 spiro atoms. The van der Waals surface area contributed by atoms with Crippen molar-refractivity contribution in [3.63, 3.8) is 0 Å². The van der Waals surface area contributed by atoms with E-state index in [1.54, 1.807) is 19.1 Å². The number of hydrogen-bond donors (Lipinski definition) is 1. The normalized spacial score (nSPS) is 12.3. The minimum atomic E-state index is -0.888. The maximum Gasteiger partial charge on any atom is 0.308 e. The molecule has 0 saturated heterocycles. The van der Waals surface area contributed by atoms with Crippen LogP contribution in [-0.2, 0) is 17.8 Å². The van der Waals surface area contributed by atoms with Crippen molar-refractivity contribution < 1.29 is 9.90 Å². The second-order valence-electron chi connectivity index (χ2n) is 4.44. The summed E-state index contributed by atoms with van der Waals surface area (Å²) in [5, 5.41) is 21.2. The van der Waals surface area contributed by atoms with E-state index in [2.05, 4.69) is 15.5 Å². The summed E-state index contributed by atoms with van der Waals surface area (Å²) in [7, 11) is 0. The van der Waals surface area contributed by atoms with Crippen molar-refractivity contribution in [2.24, 2.45) is 5.92 Å². The van der Waals surface area contributed by atoms with Gasteiger partial charge in [-0.05, 0) is 28.1 Å². The number of nitrogens with zero attached hydrogens (tertiary/aromatic N) is 4. The predicted octanol–water partition coefficient (Wildman–Crippen LogP) is 2.29. The van der Waals surface area contributed by atoms with E-state index in [1.165, 1.54) is 4.68 Å². The zero-order valence-corrected chi connectivity index (χ0v) is 12.1. The quantitative estimate of drug-likeness (QED) is 0.915. The molecule has 1 aromatic heterocycles. The molecule has 0 radical (unpaired) electrons. The molecule has 106 valence electrons. The molecule has 1 N–H and O–H groups in total. The van der Waals surface area contributed by atoms with Crippen molar-refractivity contribution in [3.05, 3.63) is 39.6 Å². The standard InChI is InChI=1S/C12H12Cl2N4O2/c1-7(12(19)20)6-18-11(15-16-17-18)5-8-2-3-9(13)10(14)4-8/h2-4,7H,5-6H2,1H3,(H,19,20). The number of benzene rings is 1. The lowest BCUT2D eigenvalue weighted by Crippen LogP contribution is -2.19. The first-order valence-corrected chi connectivity index (χ1v) is 6.64. The van der Waals surface area contributed by atoms with Crippen molar-refractivity contribution in [2.75, 3.05) is 0 Å². The number of halogens is 2. The Kier molecular flexibility index (Phi) is 4.57. The molecule has 2 rings (SSSR count). The maximum absolute atomic E-state index is 10.9. The molecule has 0 saturated carbocycles. The van der Waals surface area contributed by atoms with Gasteiger partial charge in [0, 0.05) is 6.42 Å². The number of aliphatic carboxylic acids is 1. The number of hydrogen-bond acceptors (Lipinski definition) is 4. The smallest absolute Gasteiger partial charge is 0.308 e. The lowest BCUT2D eigenvalue weighted by molar-refractivity contribution is -0.141. The average molecular weight is 315 g/mol. The highest BCUT2D eigenvalue weighted by Gasteiger charge is 2.16. The van der Waals surface area contributed by atoms with Crippen LogP contribution in [0.1, 0.15) is 18.3 Å². The van der Waals surface area contributed by atoms with Gasteiger partial charge >= 0.3 is 5.97 Å². The van der Waals surface area contributed by atoms with Gasteiger partial charge in [0.25, 0.3) is 0 Å². The zero-order valence-electron chi connectivity index (χ0n) is 10.6. The van der Waals surface area contributed by atoms with Gasteiger partial charge in [-0.2, -0.15) is 0 Å². The Morgan fingerprint density at radius 2 is 2.15 bits per heavy atom. The van der Waals surface area contributed by atoms with Crippen molar-refractivity contribution in [2.45, 2.75) is 19.9 Å². The highest BCUT2D eigenvalue weighted by atomic mass is 35.5. The van der Waals surface area contributed by atoms with E-state index >= 15 is 0 Å². The molecule has 1 unspecified atom stereocenters. The van der Waals surface area contributed by atoms with Crippen LogP contribution in [0.5, 0.6) is 0 Å². The molecule has 8 heteroatoms. The Hall–Kier alpha value is -1.66. The summed E-state index contributed by atoms with van der Waals surface area (Å²) < 4.78 is 1.49. The van der Waals surface area contributed by atoms with Crippen LogP contribution < -0.4 is 0 Å². The molecule has 0 amide bonds. The van der Waals surface area contributed by atoms with Crippen LogP contribution in [0, 0.1) is 5.92 Å². The highest BCUT2D eigenvalue weighted by molar-refractivity contribution is 6.42. The minimum absolute atomic E-state index is 0.221. The molecule has 1 heterocycles. The second-order valence-corrected chi connectivity index (χ2v) is 5.26. The average Bonchev–Trinajstić information content (AvgIpc) is 2.81. The third kappa shape index (κ3) is 3.46. The third-order valence-electron chi connectivity index (χ3n) is 2.82. The number of aromatic nitrogens is 4. The number of carboxylic acids is 1. The van der Waals surface area contributed by atoms with Gasteiger partial charge in [-0.3, -0.25) is 4.79 Å². The Morgan fingerprint density at radius 3 is 2.80 bits per heavy atom. The summed E-state index contributed by atoms with van der Waals surface area (Å²) >= 11 is 11.8. The number of tetrazole rings is 1. The number of rotatable bonds is 5. The van der Waals surface area contributed by atoms with Crippen molar-refractivity contribution in [1.29, 1.82) is 0 Å². The summed E-state index contributed by atoms with van der Waals surface area (Å²) in [6.07, 6.45) is 0.455. The van der Waals surface area contributed by atoms with Crippen LogP contribution in [0.4, 0.5) is 0 Å². The van der Waals surface area contributed by atoms with Gasteiger partial charge in [-0.25, -0.2) is 4.68 Å². The van der Waals surface area contributed by atoms with E-state index in [9.17, 15) is 4.79 Å². The molecular formula is C12H12Cl2N4O2. The maximum atomic E-state index is 10.9. The second kappa shape index (κ2) is 6.19. The third-order valence-corrected chi connectivity index (χ3v) is 3.56. The zero-order chi connectivity index (χ0) is 14.7. The van der Waals surface area contributed by atoms with Crippen LogP contribution in [0.25, 0.3) is 0 Å². The molecular weight excluding hydrogens is 303 g/mol. The lowest BCUT2D eigenvalue weighted by atomic mass is 10.1. The summed E-state index contributed by atoms with van der Waals surface area (Å²) in [4.78, 5) is 10.9. The van der Waals surface area contributed by atoms with Gasteiger partial charge < -0.3 is 5.11 Å². The Morgan fingerprint density at radius 1 is 1.40 bits per heavy atom. The van der Waals surface area contributed by atoms with Crippen LogP contribution in [0.15, 0.2) is 18.2 Å². The fraction of sp³-hybridized carbons (Fsp3) is 0.333. The largest absolute Gasteiger partial charge is 0.481 e. The van der Waals surface area contributed by atoms with E-state index in [0.717, 1.165) is 5.56 Å². The van der Waals surface area contributed by atoms with Gasteiger partial charge in [0.05, 0.1) is 22.5 Å². The van der Waals surface area contributed by atoms with Crippen molar-refractivity contribution in [3.8, 4) is 0 Å². The monoisotopic (exact) mass is 314 g/mol. The fourth-order valence-electron chi connectivity index (χ4n) is 1.66. The first-order valence-electron chi connectivity index (χ1n) is 5.89. The van der Waals surface area contributed by atoms with Gasteiger partial charge in [0.15, 0.2) is 5.82 Å². The van der Waals surface area contributed by atoms with E-state index in [0.29, 0.717) is 22.3 Å². The molecule has 0 aliphatic heterocycles. The first kappa shape index (κ1) is 14.7. The Labute approximate surface area is 125 Å². The molecule has 20 heavy (non-hydrogen) atoms. The van der Waals surface area contributed by atoms with Crippen LogP contribution in [-0.4, -0.2) is 31.3 Å². The molecule has 1 aromatic carbocycles. The molecule has 0 aliphatic rings. The van der Waals surface area contributed by atoms with Crippen molar-refractivity contribution >= 4 is 29.2 Å². The highest BCUT2D eigenvalue weighted by Crippen LogP contribution is 2.23. The van der Waals surface area contributed by atoms with Crippen LogP contribution in [0.3, 0.4) is 0 Å². The lowest BCUT2D eigenvalue weighted by Gasteiger charge is -2.08. The predicted molar refractivity (Wildman–Crippen MR) is 73.9 cm³/mol. The molecule has 0 fully saturated rings. The van der Waals surface area contributed by atoms with Gasteiger partial charge in [-0.1, -0.05) is 36.2 Å². The first-order chi connectivity index (χ1) is 9.47. The van der Waals surface area contributed by atoms with Crippen molar-refractivity contribution in [1.82, 2.24) is 20.2 Å². The van der Waals surface area contributed by atoms with E-state index in [1.807, 2.05) is 6.07 Å². The van der Waals surface area contributed by atoms with Crippen LogP contribution >= 0.6 is 23.2 Å². The van der Waals surface area contributed by atoms with Crippen LogP contribution in [0.2, 0.25) is 10.0 Å². The number of carbonyl (C=O) groups is 1. The number of carboxylic acid groups (broad SMARTS) is 1. The Bertz CT molecular complexity index is 630. The summed E-state index contributed by atoms with van der Waals surface area (Å²) in [5.41, 5.74) is 0.901. The summed E-state index contributed by atoms with van der Waals surface area (Å²) in [5.74, 6) is -0.872. The van der Waals surface area contributed by atoms with E-state index in [-0.39, 0.29) is 6.54 Å². The molecule has 0 aliphatic carbocycles. The Balaban J connectivity index is 2.16. The topological polar surface area (TPSA) is 80.9 Å². The molecule has 0 bridgehead atoms. The molecule has 6 nitrogen and oxygen atoms in total. The SMILES string of the molecule is CC(Cn1nnnc1Cc1ccc(Cl)c(Cl)c1)C(=O)O. The summed E-state index contributed by atoms with van der Waals surface area (Å²) in [6.45, 7) is 1.83. The van der Waals surface area contributed by atoms with E-state index < -0.39 is 11.9 Å². The van der Waals surface area contributed by atoms with E-state index in [4.69, 9.17) is 28.3 Å². The van der Waals surface area contributed by atoms with Gasteiger partial charge in [0.2, 0.25) is 0 Å². The van der Waals surface area contributed by atoms with Gasteiger partial charge in [0.1, 0.15) is 0 Å². The molecule has 1 atom stereocenters.